The number of ether oxygens (including phenoxy) is 2. The smallest absolute Gasteiger partial charge is 0.407 e. The van der Waals surface area contributed by atoms with Crippen LogP contribution in [0.3, 0.4) is 0 Å². The summed E-state index contributed by atoms with van der Waals surface area (Å²) in [4.78, 5) is 22.7. The molecule has 3 rings (SSSR count). The molecule has 6 nitrogen and oxygen atoms in total. The summed E-state index contributed by atoms with van der Waals surface area (Å²) >= 11 is 0. The Bertz CT molecular complexity index is 795. The number of nitrogens with one attached hydrogen (secondary N) is 1. The van der Waals surface area contributed by atoms with Gasteiger partial charge in [-0.25, -0.2) is 9.59 Å². The maximum atomic E-state index is 12.1. The second kappa shape index (κ2) is 13.6. The fraction of sp³-hybridized carbons (Fsp3) is 0.481. The van der Waals surface area contributed by atoms with E-state index >= 15 is 0 Å². The second-order valence-electron chi connectivity index (χ2n) is 8.84. The van der Waals surface area contributed by atoms with Crippen molar-refractivity contribution in [2.45, 2.75) is 44.4 Å². The Balaban J connectivity index is 1.32. The highest BCUT2D eigenvalue weighted by atomic mass is 16.5. The first-order valence-corrected chi connectivity index (χ1v) is 11.9. The van der Waals surface area contributed by atoms with Crippen LogP contribution >= 0.6 is 0 Å². The van der Waals surface area contributed by atoms with Crippen molar-refractivity contribution in [2.75, 3.05) is 26.4 Å². The van der Waals surface area contributed by atoms with Gasteiger partial charge in [-0.15, -0.1) is 0 Å². The van der Waals surface area contributed by atoms with Crippen molar-refractivity contribution < 1.29 is 24.2 Å². The maximum Gasteiger partial charge on any atom is 0.407 e. The quantitative estimate of drug-likeness (QED) is 0.430. The average Bonchev–Trinajstić information content (AvgIpc) is 2.84. The van der Waals surface area contributed by atoms with Crippen LogP contribution < -0.4 is 5.32 Å². The Labute approximate surface area is 196 Å². The van der Waals surface area contributed by atoms with Gasteiger partial charge in [0.25, 0.3) is 0 Å². The molecule has 33 heavy (non-hydrogen) atoms. The van der Waals surface area contributed by atoms with Gasteiger partial charge in [-0.05, 0) is 61.5 Å². The number of aliphatic carboxylic acids is 1. The molecule has 0 heterocycles. The predicted octanol–water partition coefficient (Wildman–Crippen LogP) is 5.23. The number of benzene rings is 2. The lowest BCUT2D eigenvalue weighted by molar-refractivity contribution is -0.142. The van der Waals surface area contributed by atoms with Crippen molar-refractivity contribution in [3.63, 3.8) is 0 Å². The normalized spacial score (nSPS) is 18.1. The Morgan fingerprint density at radius 3 is 1.97 bits per heavy atom. The Morgan fingerprint density at radius 1 is 0.879 bits per heavy atom. The first kappa shape index (κ1) is 24.8. The molecule has 1 fully saturated rings. The van der Waals surface area contributed by atoms with Gasteiger partial charge < -0.3 is 19.9 Å². The first-order chi connectivity index (χ1) is 16.1. The zero-order chi connectivity index (χ0) is 23.3. The molecule has 2 N–H and O–H groups in total. The number of alkyl carbamates (subject to hydrolysis) is 1. The van der Waals surface area contributed by atoms with Gasteiger partial charge in [0.15, 0.2) is 0 Å². The minimum atomic E-state index is -0.932. The van der Waals surface area contributed by atoms with Crippen LogP contribution in [0.25, 0.3) is 0 Å². The number of rotatable bonds is 12. The highest BCUT2D eigenvalue weighted by Gasteiger charge is 2.22. The summed E-state index contributed by atoms with van der Waals surface area (Å²) in [6, 6.07) is 21.0. The third-order valence-electron chi connectivity index (χ3n) is 6.34. The largest absolute Gasteiger partial charge is 0.480 e. The van der Waals surface area contributed by atoms with Crippen molar-refractivity contribution in [3.05, 3.63) is 71.8 Å². The summed E-state index contributed by atoms with van der Waals surface area (Å²) in [5, 5.41) is 11.5. The van der Waals surface area contributed by atoms with Crippen LogP contribution in [0.4, 0.5) is 4.79 Å². The van der Waals surface area contributed by atoms with Crippen molar-refractivity contribution in [1.82, 2.24) is 5.32 Å². The van der Waals surface area contributed by atoms with Crippen molar-refractivity contribution in [1.29, 1.82) is 0 Å². The first-order valence-electron chi connectivity index (χ1n) is 11.9. The molecule has 2 aromatic carbocycles. The summed E-state index contributed by atoms with van der Waals surface area (Å²) in [6.45, 7) is 1.28. The molecule has 0 aliphatic heterocycles. The molecule has 2 aromatic rings. The minimum absolute atomic E-state index is 0.235. The highest BCUT2D eigenvalue weighted by molar-refractivity contribution is 5.68. The molecule has 0 radical (unpaired) electrons. The zero-order valence-corrected chi connectivity index (χ0v) is 19.2. The fourth-order valence-electron chi connectivity index (χ4n) is 4.52. The number of carbonyl (C=O) groups is 2. The van der Waals surface area contributed by atoms with E-state index in [0.717, 1.165) is 38.5 Å². The number of hydrogen-bond donors (Lipinski definition) is 2. The summed E-state index contributed by atoms with van der Waals surface area (Å²) in [6.07, 6.45) is 5.38. The molecule has 0 saturated heterocycles. The topological polar surface area (TPSA) is 84.9 Å². The number of carbonyl (C=O) groups excluding carboxylic acids is 1. The molecular weight excluding hydrogens is 418 g/mol. The number of amides is 1. The van der Waals surface area contributed by atoms with Gasteiger partial charge >= 0.3 is 12.1 Å². The monoisotopic (exact) mass is 453 g/mol. The number of carboxylic acids is 1. The Hall–Kier alpha value is -2.86. The number of hydrogen-bond acceptors (Lipinski definition) is 4. The van der Waals surface area contributed by atoms with E-state index in [1.54, 1.807) is 0 Å². The zero-order valence-electron chi connectivity index (χ0n) is 19.2. The van der Waals surface area contributed by atoms with Gasteiger partial charge in [0, 0.05) is 12.5 Å². The Kier molecular flexibility index (Phi) is 10.2. The van der Waals surface area contributed by atoms with Crippen LogP contribution in [0.1, 0.15) is 55.6 Å². The van der Waals surface area contributed by atoms with Gasteiger partial charge in [0.05, 0.1) is 13.2 Å². The molecule has 0 atom stereocenters. The Morgan fingerprint density at radius 2 is 1.42 bits per heavy atom. The van der Waals surface area contributed by atoms with Gasteiger partial charge in [0.1, 0.15) is 6.61 Å². The predicted molar refractivity (Wildman–Crippen MR) is 127 cm³/mol. The standard InChI is InChI=1S/C27H35NO5/c29-26(30)20-32-18-21-13-15-22(16-14-21)19-33-27(31)28-17-7-12-25(23-8-3-1-4-9-23)24-10-5-2-6-11-24/h1-6,8-11,21-22,25H,7,12-20H2,(H,28,31)(H,29,30). The molecule has 1 amide bonds. The van der Waals surface area contributed by atoms with Crippen LogP contribution in [0.15, 0.2) is 60.7 Å². The number of carboxylic acid groups (broad SMARTS) is 1. The molecule has 1 aliphatic rings. The third kappa shape index (κ3) is 8.89. The van der Waals surface area contributed by atoms with Crippen LogP contribution in [0, 0.1) is 11.8 Å². The van der Waals surface area contributed by atoms with E-state index in [9.17, 15) is 9.59 Å². The SMILES string of the molecule is O=C(O)COCC1CCC(COC(=O)NCCCC(c2ccccc2)c2ccccc2)CC1. The molecule has 0 spiro atoms. The van der Waals surface area contributed by atoms with E-state index in [1.807, 2.05) is 12.1 Å². The molecule has 178 valence electrons. The van der Waals surface area contributed by atoms with Gasteiger partial charge in [0.2, 0.25) is 0 Å². The van der Waals surface area contributed by atoms with E-state index in [1.165, 1.54) is 11.1 Å². The van der Waals surface area contributed by atoms with Crippen molar-refractivity contribution in [2.24, 2.45) is 11.8 Å². The van der Waals surface area contributed by atoms with Crippen LogP contribution in [0.5, 0.6) is 0 Å². The molecule has 1 aliphatic carbocycles. The lowest BCUT2D eigenvalue weighted by Crippen LogP contribution is -2.29. The maximum absolute atomic E-state index is 12.1. The lowest BCUT2D eigenvalue weighted by Gasteiger charge is -2.27. The molecule has 0 unspecified atom stereocenters. The van der Waals surface area contributed by atoms with Crippen LogP contribution in [0.2, 0.25) is 0 Å². The lowest BCUT2D eigenvalue weighted by atomic mass is 9.83. The average molecular weight is 454 g/mol. The van der Waals surface area contributed by atoms with E-state index in [-0.39, 0.29) is 12.7 Å². The van der Waals surface area contributed by atoms with E-state index < -0.39 is 5.97 Å². The summed E-state index contributed by atoms with van der Waals surface area (Å²) in [5.41, 5.74) is 2.57. The van der Waals surface area contributed by atoms with Crippen LogP contribution in [-0.4, -0.2) is 43.5 Å². The van der Waals surface area contributed by atoms with Crippen LogP contribution in [-0.2, 0) is 14.3 Å². The van der Waals surface area contributed by atoms with Crippen molar-refractivity contribution >= 4 is 12.1 Å². The third-order valence-corrected chi connectivity index (χ3v) is 6.34. The molecule has 0 bridgehead atoms. The van der Waals surface area contributed by atoms with Gasteiger partial charge in [-0.3, -0.25) is 0 Å². The minimum Gasteiger partial charge on any atom is -0.480 e. The summed E-state index contributed by atoms with van der Waals surface area (Å²) in [5.74, 6) is 0.141. The molecule has 0 aromatic heterocycles. The van der Waals surface area contributed by atoms with Gasteiger partial charge in [-0.2, -0.15) is 0 Å². The van der Waals surface area contributed by atoms with E-state index in [0.29, 0.717) is 37.5 Å². The molecular formula is C27H35NO5. The summed E-state index contributed by atoms with van der Waals surface area (Å²) < 4.78 is 10.6. The van der Waals surface area contributed by atoms with Crippen molar-refractivity contribution in [3.8, 4) is 0 Å². The molecule has 1 saturated carbocycles. The molecule has 6 heteroatoms. The fourth-order valence-corrected chi connectivity index (χ4v) is 4.52. The highest BCUT2D eigenvalue weighted by Crippen LogP contribution is 2.30. The van der Waals surface area contributed by atoms with E-state index in [2.05, 4.69) is 53.8 Å². The van der Waals surface area contributed by atoms with E-state index in [4.69, 9.17) is 14.6 Å². The second-order valence-corrected chi connectivity index (χ2v) is 8.84. The van der Waals surface area contributed by atoms with Gasteiger partial charge in [-0.1, -0.05) is 60.7 Å². The summed E-state index contributed by atoms with van der Waals surface area (Å²) in [7, 11) is 0.